The summed E-state index contributed by atoms with van der Waals surface area (Å²) in [6, 6.07) is 2.81. The van der Waals surface area contributed by atoms with E-state index in [2.05, 4.69) is 15.2 Å². The second-order valence-corrected chi connectivity index (χ2v) is 10.8. The molecule has 38 heavy (non-hydrogen) atoms. The molecule has 4 heterocycles. The van der Waals surface area contributed by atoms with E-state index in [1.165, 1.54) is 18.5 Å². The number of aromatic nitrogens is 5. The highest BCUT2D eigenvalue weighted by Crippen LogP contribution is 2.36. The largest absolute Gasteiger partial charge is 0.444 e. The first-order valence-electron chi connectivity index (χ1n) is 12.6. The molecule has 1 aromatic carbocycles. The first-order chi connectivity index (χ1) is 17.9. The average molecular weight is 528 g/mol. The Balaban J connectivity index is 1.36. The van der Waals surface area contributed by atoms with Crippen LogP contribution in [0, 0.1) is 11.6 Å². The standard InChI is InChI=1S/C26H31F2N7O3/c1-15-21-20(22(32(5)31-21)16-10-17(27)12-18(28)11-16)7-9-34(15)24(36)23-29-14-30-35(23)19-6-8-33(13-19)25(37)38-26(2,3)4/h10-12,14-15,19H,6-9,13H2,1-5H3/t15-,19?/m0/s1. The zero-order chi connectivity index (χ0) is 27.4. The minimum atomic E-state index is -0.660. The predicted octanol–water partition coefficient (Wildman–Crippen LogP) is 3.90. The van der Waals surface area contributed by atoms with E-state index in [0.717, 1.165) is 11.6 Å². The number of likely N-dealkylation sites (tertiary alicyclic amines) is 1. The van der Waals surface area contributed by atoms with Crippen LogP contribution in [0.15, 0.2) is 24.5 Å². The van der Waals surface area contributed by atoms with Crippen molar-refractivity contribution in [1.82, 2.24) is 34.3 Å². The van der Waals surface area contributed by atoms with Gasteiger partial charge in [-0.05, 0) is 52.7 Å². The summed E-state index contributed by atoms with van der Waals surface area (Å²) < 4.78 is 36.5. The van der Waals surface area contributed by atoms with Gasteiger partial charge in [-0.25, -0.2) is 23.2 Å². The van der Waals surface area contributed by atoms with Crippen LogP contribution in [0.25, 0.3) is 11.3 Å². The number of hydrogen-bond donors (Lipinski definition) is 0. The van der Waals surface area contributed by atoms with Crippen molar-refractivity contribution >= 4 is 12.0 Å². The Morgan fingerprint density at radius 1 is 1.11 bits per heavy atom. The molecule has 12 heteroatoms. The minimum Gasteiger partial charge on any atom is -0.444 e. The van der Waals surface area contributed by atoms with Gasteiger partial charge in [0.2, 0.25) is 5.82 Å². The number of nitrogens with zero attached hydrogens (tertiary/aromatic N) is 7. The van der Waals surface area contributed by atoms with Crippen LogP contribution in [0.1, 0.15) is 68.1 Å². The van der Waals surface area contributed by atoms with E-state index in [1.807, 2.05) is 27.7 Å². The molecule has 2 amide bonds. The molecular weight excluding hydrogens is 496 g/mol. The van der Waals surface area contributed by atoms with E-state index >= 15 is 0 Å². The lowest BCUT2D eigenvalue weighted by molar-refractivity contribution is 0.0288. The molecule has 0 aliphatic carbocycles. The van der Waals surface area contributed by atoms with E-state index in [-0.39, 0.29) is 17.8 Å². The van der Waals surface area contributed by atoms with Gasteiger partial charge in [0.25, 0.3) is 5.91 Å². The normalized spacial score (nSPS) is 19.6. The fourth-order valence-corrected chi connectivity index (χ4v) is 5.31. The van der Waals surface area contributed by atoms with Gasteiger partial charge in [0, 0.05) is 43.9 Å². The number of fused-ring (bicyclic) bond motifs is 1. The van der Waals surface area contributed by atoms with Crippen LogP contribution in [0.5, 0.6) is 0 Å². The molecule has 1 saturated heterocycles. The molecule has 0 saturated carbocycles. The van der Waals surface area contributed by atoms with Crippen molar-refractivity contribution in [2.75, 3.05) is 19.6 Å². The maximum Gasteiger partial charge on any atom is 0.410 e. The molecule has 2 aliphatic rings. The van der Waals surface area contributed by atoms with Crippen molar-refractivity contribution in [1.29, 1.82) is 0 Å². The summed E-state index contributed by atoms with van der Waals surface area (Å²) in [5, 5.41) is 8.93. The highest BCUT2D eigenvalue weighted by atomic mass is 19.1. The van der Waals surface area contributed by atoms with Crippen LogP contribution < -0.4 is 0 Å². The first-order valence-corrected chi connectivity index (χ1v) is 12.6. The van der Waals surface area contributed by atoms with Gasteiger partial charge in [-0.1, -0.05) is 0 Å². The Labute approximate surface area is 219 Å². The number of amides is 2. The Morgan fingerprint density at radius 2 is 1.82 bits per heavy atom. The number of benzene rings is 1. The summed E-state index contributed by atoms with van der Waals surface area (Å²) in [5.41, 5.74) is 1.98. The van der Waals surface area contributed by atoms with Crippen LogP contribution in [0.2, 0.25) is 0 Å². The number of aryl methyl sites for hydroxylation is 1. The van der Waals surface area contributed by atoms with Gasteiger partial charge < -0.3 is 14.5 Å². The zero-order valence-corrected chi connectivity index (χ0v) is 22.1. The topological polar surface area (TPSA) is 98.4 Å². The minimum absolute atomic E-state index is 0.194. The fraction of sp³-hybridized carbons (Fsp3) is 0.500. The third kappa shape index (κ3) is 4.74. The molecule has 0 N–H and O–H groups in total. The summed E-state index contributed by atoms with van der Waals surface area (Å²) in [6.45, 7) is 8.57. The molecule has 0 spiro atoms. The third-order valence-electron chi connectivity index (χ3n) is 6.96. The molecular formula is C26H31F2N7O3. The Bertz CT molecular complexity index is 1370. The smallest absolute Gasteiger partial charge is 0.410 e. The van der Waals surface area contributed by atoms with E-state index in [4.69, 9.17) is 4.74 Å². The number of carbonyl (C=O) groups excluding carboxylic acids is 2. The van der Waals surface area contributed by atoms with Crippen LogP contribution in [-0.2, 0) is 18.2 Å². The Morgan fingerprint density at radius 3 is 2.50 bits per heavy atom. The van der Waals surface area contributed by atoms with Crippen molar-refractivity contribution < 1.29 is 23.1 Å². The van der Waals surface area contributed by atoms with Gasteiger partial charge in [0.05, 0.1) is 23.5 Å². The van der Waals surface area contributed by atoms with Crippen molar-refractivity contribution in [3.05, 3.63) is 53.2 Å². The highest BCUT2D eigenvalue weighted by Gasteiger charge is 2.37. The van der Waals surface area contributed by atoms with Gasteiger partial charge >= 0.3 is 6.09 Å². The summed E-state index contributed by atoms with van der Waals surface area (Å²) in [4.78, 5) is 33.7. The molecule has 1 unspecified atom stereocenters. The molecule has 2 aliphatic heterocycles. The molecule has 1 fully saturated rings. The van der Waals surface area contributed by atoms with Crippen molar-refractivity contribution in [3.8, 4) is 11.3 Å². The van der Waals surface area contributed by atoms with Gasteiger partial charge in [-0.3, -0.25) is 9.48 Å². The van der Waals surface area contributed by atoms with Crippen LogP contribution >= 0.6 is 0 Å². The van der Waals surface area contributed by atoms with Crippen molar-refractivity contribution in [2.24, 2.45) is 7.05 Å². The Kier molecular flexibility index (Phi) is 6.44. The number of carbonyl (C=O) groups is 2. The maximum atomic E-state index is 13.9. The van der Waals surface area contributed by atoms with Crippen LogP contribution in [-0.4, -0.2) is 71.6 Å². The fourth-order valence-electron chi connectivity index (χ4n) is 5.31. The number of rotatable bonds is 3. The maximum absolute atomic E-state index is 13.9. The SMILES string of the molecule is C[C@H]1c2nn(C)c(-c3cc(F)cc(F)c3)c2CCN1C(=O)c1ncnn1C1CCN(C(=O)OC(C)(C)C)C1. The van der Waals surface area contributed by atoms with E-state index < -0.39 is 29.4 Å². The van der Waals surface area contributed by atoms with Crippen LogP contribution in [0.3, 0.4) is 0 Å². The first kappa shape index (κ1) is 25.8. The number of hydrogen-bond acceptors (Lipinski definition) is 6. The molecule has 0 radical (unpaired) electrons. The van der Waals surface area contributed by atoms with Crippen LogP contribution in [0.4, 0.5) is 13.6 Å². The van der Waals surface area contributed by atoms with E-state index in [9.17, 15) is 18.4 Å². The average Bonchev–Trinajstić information content (AvgIpc) is 3.55. The molecule has 2 aromatic heterocycles. The summed E-state index contributed by atoms with van der Waals surface area (Å²) in [7, 11) is 1.72. The lowest BCUT2D eigenvalue weighted by Crippen LogP contribution is -2.40. The lowest BCUT2D eigenvalue weighted by atomic mass is 9.95. The molecule has 10 nitrogen and oxygen atoms in total. The quantitative estimate of drug-likeness (QED) is 0.513. The zero-order valence-electron chi connectivity index (χ0n) is 22.1. The molecule has 0 bridgehead atoms. The van der Waals surface area contributed by atoms with Gasteiger partial charge in [-0.15, -0.1) is 0 Å². The monoisotopic (exact) mass is 527 g/mol. The molecule has 3 aromatic rings. The number of ether oxygens (including phenoxy) is 1. The van der Waals surface area contributed by atoms with Crippen molar-refractivity contribution in [3.63, 3.8) is 0 Å². The second kappa shape index (κ2) is 9.48. The van der Waals surface area contributed by atoms with Gasteiger partial charge in [0.15, 0.2) is 0 Å². The van der Waals surface area contributed by atoms with E-state index in [0.29, 0.717) is 49.4 Å². The molecule has 5 rings (SSSR count). The third-order valence-corrected chi connectivity index (χ3v) is 6.96. The second-order valence-electron chi connectivity index (χ2n) is 10.8. The van der Waals surface area contributed by atoms with Gasteiger partial charge in [0.1, 0.15) is 23.6 Å². The summed E-state index contributed by atoms with van der Waals surface area (Å²) >= 11 is 0. The van der Waals surface area contributed by atoms with Gasteiger partial charge in [-0.2, -0.15) is 10.2 Å². The predicted molar refractivity (Wildman–Crippen MR) is 133 cm³/mol. The molecule has 2 atom stereocenters. The highest BCUT2D eigenvalue weighted by molar-refractivity contribution is 5.91. The lowest BCUT2D eigenvalue weighted by Gasteiger charge is -2.32. The number of halogens is 2. The summed E-state index contributed by atoms with van der Waals surface area (Å²) in [5.74, 6) is -1.42. The Hall–Kier alpha value is -3.83. The van der Waals surface area contributed by atoms with E-state index in [1.54, 1.807) is 26.2 Å². The summed E-state index contributed by atoms with van der Waals surface area (Å²) in [6.07, 6.45) is 2.04. The van der Waals surface area contributed by atoms with Crippen molar-refractivity contribution in [2.45, 2.75) is 58.2 Å². The molecule has 202 valence electrons.